The van der Waals surface area contributed by atoms with Crippen molar-refractivity contribution in [3.05, 3.63) is 46.6 Å². The molecule has 2 amide bonds. The number of carbonyl (C=O) groups is 1. The first-order valence-electron chi connectivity index (χ1n) is 6.69. The summed E-state index contributed by atoms with van der Waals surface area (Å²) >= 11 is 11.9. The molecule has 0 unspecified atom stereocenters. The summed E-state index contributed by atoms with van der Waals surface area (Å²) in [6, 6.07) is 8.46. The molecule has 0 aliphatic carbocycles. The third kappa shape index (κ3) is 4.79. The third-order valence-electron chi connectivity index (χ3n) is 2.63. The minimum absolute atomic E-state index is 0.0630. The molecule has 1 heterocycles. The second-order valence-electron chi connectivity index (χ2n) is 4.93. The highest BCUT2D eigenvalue weighted by atomic mass is 35.5. The van der Waals surface area contributed by atoms with Gasteiger partial charge in [-0.25, -0.2) is 9.78 Å². The molecule has 7 heteroatoms. The Labute approximate surface area is 139 Å². The largest absolute Gasteiger partial charge is 0.353 e. The molecule has 3 N–H and O–H groups in total. The van der Waals surface area contributed by atoms with Gasteiger partial charge < -0.3 is 10.6 Å². The fourth-order valence-electron chi connectivity index (χ4n) is 1.70. The van der Waals surface area contributed by atoms with Gasteiger partial charge in [0.2, 0.25) is 0 Å². The third-order valence-corrected chi connectivity index (χ3v) is 3.18. The first-order valence-corrected chi connectivity index (χ1v) is 7.45. The van der Waals surface area contributed by atoms with Gasteiger partial charge in [0, 0.05) is 11.1 Å². The molecule has 0 aliphatic heterocycles. The second-order valence-corrected chi connectivity index (χ2v) is 5.78. The summed E-state index contributed by atoms with van der Waals surface area (Å²) in [6.45, 7) is 3.77. The van der Waals surface area contributed by atoms with Gasteiger partial charge in [0.05, 0.1) is 22.6 Å². The molecule has 0 aliphatic rings. The van der Waals surface area contributed by atoms with Crippen LogP contribution in [-0.2, 0) is 0 Å². The number of urea groups is 1. The van der Waals surface area contributed by atoms with E-state index in [0.717, 1.165) is 11.4 Å². The molecule has 0 saturated carbocycles. The van der Waals surface area contributed by atoms with Crippen LogP contribution in [0.1, 0.15) is 13.8 Å². The number of anilines is 3. The molecule has 0 fully saturated rings. The summed E-state index contributed by atoms with van der Waals surface area (Å²) in [4.78, 5) is 15.7. The molecule has 22 heavy (non-hydrogen) atoms. The van der Waals surface area contributed by atoms with Crippen molar-refractivity contribution in [2.24, 2.45) is 0 Å². The summed E-state index contributed by atoms with van der Waals surface area (Å²) in [6.07, 6.45) is 1.61. The number of carbonyl (C=O) groups excluding carboxylic acids is 1. The fourth-order valence-corrected chi connectivity index (χ4v) is 2.16. The molecule has 1 aromatic heterocycles. The monoisotopic (exact) mass is 338 g/mol. The minimum Gasteiger partial charge on any atom is -0.353 e. The van der Waals surface area contributed by atoms with Gasteiger partial charge in [0.15, 0.2) is 0 Å². The maximum absolute atomic E-state index is 11.6. The number of benzene rings is 1. The van der Waals surface area contributed by atoms with Gasteiger partial charge >= 0.3 is 6.03 Å². The van der Waals surface area contributed by atoms with Crippen molar-refractivity contribution >= 4 is 46.4 Å². The Morgan fingerprint density at radius 2 is 1.95 bits per heavy atom. The predicted molar refractivity (Wildman–Crippen MR) is 91.3 cm³/mol. The molecular weight excluding hydrogens is 323 g/mol. The van der Waals surface area contributed by atoms with E-state index in [1.54, 1.807) is 36.5 Å². The van der Waals surface area contributed by atoms with Crippen molar-refractivity contribution in [3.63, 3.8) is 0 Å². The van der Waals surface area contributed by atoms with Crippen LogP contribution in [0.5, 0.6) is 0 Å². The van der Waals surface area contributed by atoms with Gasteiger partial charge in [0.25, 0.3) is 0 Å². The average molecular weight is 339 g/mol. The van der Waals surface area contributed by atoms with Gasteiger partial charge in [0.1, 0.15) is 5.82 Å². The van der Waals surface area contributed by atoms with Gasteiger partial charge in [-0.1, -0.05) is 23.2 Å². The molecule has 2 rings (SSSR count). The maximum Gasteiger partial charge on any atom is 0.320 e. The van der Waals surface area contributed by atoms with E-state index in [1.165, 1.54) is 0 Å². The number of aromatic nitrogens is 1. The molecule has 5 nitrogen and oxygen atoms in total. The summed E-state index contributed by atoms with van der Waals surface area (Å²) in [5.41, 5.74) is 1.48. The molecule has 0 bridgehead atoms. The lowest BCUT2D eigenvalue weighted by molar-refractivity contribution is 0.250. The van der Waals surface area contributed by atoms with Crippen LogP contribution in [0.2, 0.25) is 10.0 Å². The van der Waals surface area contributed by atoms with E-state index in [-0.39, 0.29) is 12.1 Å². The summed E-state index contributed by atoms with van der Waals surface area (Å²) in [5.74, 6) is 0.464. The van der Waals surface area contributed by atoms with Crippen molar-refractivity contribution in [1.29, 1.82) is 0 Å². The van der Waals surface area contributed by atoms with Crippen molar-refractivity contribution < 1.29 is 4.79 Å². The Morgan fingerprint density at radius 1 is 1.18 bits per heavy atom. The maximum atomic E-state index is 11.6. The van der Waals surface area contributed by atoms with E-state index in [2.05, 4.69) is 20.9 Å². The SMILES string of the molecule is CC(C)NC(=O)Nc1ccc(Nc2ccc(Cl)cc2Cl)cn1. The van der Waals surface area contributed by atoms with Crippen LogP contribution < -0.4 is 16.0 Å². The number of rotatable bonds is 4. The van der Waals surface area contributed by atoms with Crippen LogP contribution >= 0.6 is 23.2 Å². The van der Waals surface area contributed by atoms with Gasteiger partial charge in [-0.15, -0.1) is 0 Å². The Hall–Kier alpha value is -1.98. The average Bonchev–Trinajstić information content (AvgIpc) is 2.43. The van der Waals surface area contributed by atoms with Crippen molar-refractivity contribution in [2.45, 2.75) is 19.9 Å². The highest BCUT2D eigenvalue weighted by Gasteiger charge is 2.05. The standard InChI is InChI=1S/C15H16Cl2N4O/c1-9(2)19-15(22)21-14-6-4-11(8-18-14)20-13-5-3-10(16)7-12(13)17/h3-9,20H,1-2H3,(H2,18,19,21,22). The molecule has 0 radical (unpaired) electrons. The second kappa shape index (κ2) is 7.33. The van der Waals surface area contributed by atoms with E-state index in [1.807, 2.05) is 13.8 Å². The van der Waals surface area contributed by atoms with Crippen LogP contribution in [0.15, 0.2) is 36.5 Å². The van der Waals surface area contributed by atoms with E-state index >= 15 is 0 Å². The predicted octanol–water partition coefficient (Wildman–Crippen LogP) is 4.66. The summed E-state index contributed by atoms with van der Waals surface area (Å²) in [5, 5.41) is 9.60. The summed E-state index contributed by atoms with van der Waals surface area (Å²) < 4.78 is 0. The van der Waals surface area contributed by atoms with Crippen molar-refractivity contribution in [3.8, 4) is 0 Å². The first-order chi connectivity index (χ1) is 10.4. The lowest BCUT2D eigenvalue weighted by atomic mass is 10.3. The highest BCUT2D eigenvalue weighted by molar-refractivity contribution is 6.36. The van der Waals surface area contributed by atoms with Crippen LogP contribution in [0.4, 0.5) is 22.0 Å². The van der Waals surface area contributed by atoms with Crippen LogP contribution in [0, 0.1) is 0 Å². The normalized spacial score (nSPS) is 10.4. The zero-order valence-corrected chi connectivity index (χ0v) is 13.7. The van der Waals surface area contributed by atoms with E-state index < -0.39 is 0 Å². The van der Waals surface area contributed by atoms with E-state index in [9.17, 15) is 4.79 Å². The van der Waals surface area contributed by atoms with Crippen molar-refractivity contribution in [1.82, 2.24) is 10.3 Å². The van der Waals surface area contributed by atoms with Crippen molar-refractivity contribution in [2.75, 3.05) is 10.6 Å². The topological polar surface area (TPSA) is 66.1 Å². The molecule has 0 saturated heterocycles. The van der Waals surface area contributed by atoms with Crippen LogP contribution in [0.25, 0.3) is 0 Å². The Balaban J connectivity index is 2.01. The first kappa shape index (κ1) is 16.4. The number of amides is 2. The van der Waals surface area contributed by atoms with Crippen LogP contribution in [-0.4, -0.2) is 17.1 Å². The molecular formula is C15H16Cl2N4O. The smallest absolute Gasteiger partial charge is 0.320 e. The lowest BCUT2D eigenvalue weighted by Crippen LogP contribution is -2.34. The number of hydrogen-bond donors (Lipinski definition) is 3. The molecule has 0 atom stereocenters. The summed E-state index contributed by atoms with van der Waals surface area (Å²) in [7, 11) is 0. The van der Waals surface area contributed by atoms with Gasteiger partial charge in [-0.3, -0.25) is 5.32 Å². The fraction of sp³-hybridized carbons (Fsp3) is 0.200. The lowest BCUT2D eigenvalue weighted by Gasteiger charge is -2.11. The minimum atomic E-state index is -0.288. The zero-order valence-electron chi connectivity index (χ0n) is 12.2. The Kier molecular flexibility index (Phi) is 5.46. The quantitative estimate of drug-likeness (QED) is 0.759. The Bertz CT molecular complexity index is 659. The Morgan fingerprint density at radius 3 is 2.55 bits per heavy atom. The molecule has 0 spiro atoms. The number of nitrogens with one attached hydrogen (secondary N) is 3. The molecule has 2 aromatic rings. The molecule has 1 aromatic carbocycles. The number of nitrogens with zero attached hydrogens (tertiary/aromatic N) is 1. The highest BCUT2D eigenvalue weighted by Crippen LogP contribution is 2.28. The number of pyridine rings is 1. The van der Waals surface area contributed by atoms with Gasteiger partial charge in [-0.05, 0) is 44.2 Å². The van der Waals surface area contributed by atoms with Gasteiger partial charge in [-0.2, -0.15) is 0 Å². The number of hydrogen-bond acceptors (Lipinski definition) is 3. The van der Waals surface area contributed by atoms with Crippen LogP contribution in [0.3, 0.4) is 0 Å². The van der Waals surface area contributed by atoms with E-state index in [0.29, 0.717) is 15.9 Å². The zero-order chi connectivity index (χ0) is 16.1. The number of halogens is 2. The van der Waals surface area contributed by atoms with E-state index in [4.69, 9.17) is 23.2 Å². The molecule has 116 valence electrons.